The number of carbonyl (C=O) groups excluding carboxylic acids is 2. The van der Waals surface area contributed by atoms with Gasteiger partial charge in [-0.05, 0) is 30.7 Å². The fourth-order valence-corrected chi connectivity index (χ4v) is 4.41. The number of carbonyl (C=O) groups is 2. The van der Waals surface area contributed by atoms with Gasteiger partial charge in [0.25, 0.3) is 11.8 Å². The first-order chi connectivity index (χ1) is 14.9. The van der Waals surface area contributed by atoms with Crippen LogP contribution in [0, 0.1) is 5.92 Å². The van der Waals surface area contributed by atoms with Crippen molar-refractivity contribution in [2.45, 2.75) is 27.2 Å². The van der Waals surface area contributed by atoms with Crippen molar-refractivity contribution in [1.82, 2.24) is 25.3 Å². The first kappa shape index (κ1) is 23.3. The number of rotatable bonds is 9. The average molecular weight is 445 g/mol. The summed E-state index contributed by atoms with van der Waals surface area (Å²) >= 11 is 1.30. The van der Waals surface area contributed by atoms with E-state index >= 15 is 0 Å². The molecule has 168 valence electrons. The van der Waals surface area contributed by atoms with Gasteiger partial charge in [0.15, 0.2) is 0 Å². The third kappa shape index (κ3) is 7.09. The molecule has 1 aromatic carbocycles. The van der Waals surface area contributed by atoms with Crippen LogP contribution >= 0.6 is 11.3 Å². The zero-order valence-electron chi connectivity index (χ0n) is 18.6. The van der Waals surface area contributed by atoms with Crippen LogP contribution in [-0.4, -0.2) is 77.6 Å². The van der Waals surface area contributed by atoms with Crippen molar-refractivity contribution in [3.8, 4) is 0 Å². The van der Waals surface area contributed by atoms with Crippen LogP contribution in [0.2, 0.25) is 0 Å². The standard InChI is InChI=1S/C22H32N6O2S/c1-4-27-10-12-28(13-11-27)9-8-23-20(29)17-6-5-7-18(15-17)24-21(30)22-26-25-19(31-22)14-16(2)3/h5-7,15-16H,4,8-14H2,1-3H3,(H,23,29)(H,24,30). The molecule has 0 radical (unpaired) electrons. The predicted molar refractivity (Wildman–Crippen MR) is 124 cm³/mol. The molecule has 1 fully saturated rings. The van der Waals surface area contributed by atoms with E-state index in [2.05, 4.69) is 51.4 Å². The van der Waals surface area contributed by atoms with Crippen LogP contribution in [0.5, 0.6) is 0 Å². The van der Waals surface area contributed by atoms with Crippen molar-refractivity contribution in [2.75, 3.05) is 51.1 Å². The van der Waals surface area contributed by atoms with Gasteiger partial charge in [0.05, 0.1) is 0 Å². The van der Waals surface area contributed by atoms with E-state index in [-0.39, 0.29) is 11.8 Å². The Morgan fingerprint density at radius 3 is 2.55 bits per heavy atom. The smallest absolute Gasteiger partial charge is 0.286 e. The highest BCUT2D eigenvalue weighted by molar-refractivity contribution is 7.13. The highest BCUT2D eigenvalue weighted by Gasteiger charge is 2.16. The summed E-state index contributed by atoms with van der Waals surface area (Å²) in [6.07, 6.45) is 0.800. The maximum Gasteiger partial charge on any atom is 0.286 e. The summed E-state index contributed by atoms with van der Waals surface area (Å²) in [4.78, 5) is 29.8. The van der Waals surface area contributed by atoms with Gasteiger partial charge in [-0.25, -0.2) is 0 Å². The molecule has 0 aliphatic carbocycles. The maximum atomic E-state index is 12.5. The second-order valence-electron chi connectivity index (χ2n) is 8.17. The van der Waals surface area contributed by atoms with E-state index in [0.29, 0.717) is 28.7 Å². The molecule has 31 heavy (non-hydrogen) atoms. The molecular weight excluding hydrogens is 412 g/mol. The van der Waals surface area contributed by atoms with Gasteiger partial charge in [0.2, 0.25) is 5.01 Å². The van der Waals surface area contributed by atoms with Crippen LogP contribution in [0.15, 0.2) is 24.3 Å². The molecule has 1 aromatic heterocycles. The Balaban J connectivity index is 1.48. The molecule has 2 heterocycles. The number of hydrogen-bond donors (Lipinski definition) is 2. The number of benzene rings is 1. The van der Waals surface area contributed by atoms with E-state index in [4.69, 9.17) is 0 Å². The Labute approximate surface area is 188 Å². The van der Waals surface area contributed by atoms with E-state index in [1.165, 1.54) is 11.3 Å². The lowest BCUT2D eigenvalue weighted by Crippen LogP contribution is -2.48. The van der Waals surface area contributed by atoms with Crippen LogP contribution in [0.3, 0.4) is 0 Å². The van der Waals surface area contributed by atoms with Crippen molar-refractivity contribution in [2.24, 2.45) is 5.92 Å². The fraction of sp³-hybridized carbons (Fsp3) is 0.545. The molecule has 2 amide bonds. The fourth-order valence-electron chi connectivity index (χ4n) is 3.46. The van der Waals surface area contributed by atoms with Crippen LogP contribution in [0.4, 0.5) is 5.69 Å². The molecule has 0 unspecified atom stereocenters. The summed E-state index contributed by atoms with van der Waals surface area (Å²) in [5, 5.41) is 15.0. The van der Waals surface area contributed by atoms with Crippen molar-refractivity contribution in [3.63, 3.8) is 0 Å². The Bertz CT molecular complexity index is 876. The van der Waals surface area contributed by atoms with Gasteiger partial charge >= 0.3 is 0 Å². The molecule has 0 saturated carbocycles. The van der Waals surface area contributed by atoms with E-state index < -0.39 is 0 Å². The largest absolute Gasteiger partial charge is 0.351 e. The van der Waals surface area contributed by atoms with Gasteiger partial charge in [-0.15, -0.1) is 10.2 Å². The van der Waals surface area contributed by atoms with Gasteiger partial charge in [-0.2, -0.15) is 0 Å². The molecule has 3 rings (SSSR count). The van der Waals surface area contributed by atoms with Crippen LogP contribution in [0.25, 0.3) is 0 Å². The molecule has 2 aromatic rings. The van der Waals surface area contributed by atoms with E-state index in [1.807, 2.05) is 0 Å². The third-order valence-electron chi connectivity index (χ3n) is 5.25. The van der Waals surface area contributed by atoms with Crippen LogP contribution < -0.4 is 10.6 Å². The maximum absolute atomic E-state index is 12.5. The number of nitrogens with one attached hydrogen (secondary N) is 2. The third-order valence-corrected chi connectivity index (χ3v) is 6.20. The first-order valence-electron chi connectivity index (χ1n) is 10.9. The predicted octanol–water partition coefficient (Wildman–Crippen LogP) is 2.36. The first-order valence-corrected chi connectivity index (χ1v) is 11.7. The summed E-state index contributed by atoms with van der Waals surface area (Å²) in [6.45, 7) is 13.2. The molecule has 1 aliphatic heterocycles. The minimum absolute atomic E-state index is 0.140. The molecule has 1 saturated heterocycles. The van der Waals surface area contributed by atoms with Crippen molar-refractivity contribution < 1.29 is 9.59 Å². The monoisotopic (exact) mass is 444 g/mol. The van der Waals surface area contributed by atoms with Crippen molar-refractivity contribution in [1.29, 1.82) is 0 Å². The van der Waals surface area contributed by atoms with Gasteiger partial charge in [0, 0.05) is 56.9 Å². The van der Waals surface area contributed by atoms with Gasteiger partial charge in [-0.3, -0.25) is 14.5 Å². The molecule has 0 spiro atoms. The molecule has 1 aliphatic rings. The minimum atomic E-state index is -0.309. The van der Waals surface area contributed by atoms with E-state index in [9.17, 15) is 9.59 Å². The molecular formula is C22H32N6O2S. The number of hydrogen-bond acceptors (Lipinski definition) is 7. The molecule has 2 N–H and O–H groups in total. The van der Waals surface area contributed by atoms with Gasteiger partial charge in [-0.1, -0.05) is 38.2 Å². The Morgan fingerprint density at radius 2 is 1.84 bits per heavy atom. The lowest BCUT2D eigenvalue weighted by Gasteiger charge is -2.33. The van der Waals surface area contributed by atoms with Crippen LogP contribution in [-0.2, 0) is 6.42 Å². The zero-order valence-corrected chi connectivity index (χ0v) is 19.4. The Kier molecular flexibility index (Phi) is 8.51. The summed E-state index contributed by atoms with van der Waals surface area (Å²) in [5.74, 6) is 0.00900. The second kappa shape index (κ2) is 11.3. The molecule has 0 atom stereocenters. The SMILES string of the molecule is CCN1CCN(CCNC(=O)c2cccc(NC(=O)c3nnc(CC(C)C)s3)c2)CC1. The Hall–Kier alpha value is -2.36. The number of anilines is 1. The summed E-state index contributed by atoms with van der Waals surface area (Å²) in [5.41, 5.74) is 1.08. The minimum Gasteiger partial charge on any atom is -0.351 e. The summed E-state index contributed by atoms with van der Waals surface area (Å²) in [7, 11) is 0. The number of piperazine rings is 1. The summed E-state index contributed by atoms with van der Waals surface area (Å²) in [6, 6.07) is 6.96. The Morgan fingerprint density at radius 1 is 1.10 bits per heavy atom. The summed E-state index contributed by atoms with van der Waals surface area (Å²) < 4.78 is 0. The lowest BCUT2D eigenvalue weighted by molar-refractivity contribution is 0.0936. The lowest BCUT2D eigenvalue weighted by atomic mass is 10.1. The van der Waals surface area contributed by atoms with Crippen molar-refractivity contribution >= 4 is 28.8 Å². The highest BCUT2D eigenvalue weighted by Crippen LogP contribution is 2.17. The average Bonchev–Trinajstić information content (AvgIpc) is 3.22. The van der Waals surface area contributed by atoms with E-state index in [1.54, 1.807) is 24.3 Å². The van der Waals surface area contributed by atoms with Crippen LogP contribution in [0.1, 0.15) is 45.9 Å². The zero-order chi connectivity index (χ0) is 22.2. The van der Waals surface area contributed by atoms with E-state index in [0.717, 1.165) is 50.7 Å². The van der Waals surface area contributed by atoms with Gasteiger partial charge < -0.3 is 15.5 Å². The quantitative estimate of drug-likeness (QED) is 0.617. The van der Waals surface area contributed by atoms with Gasteiger partial charge in [0.1, 0.15) is 5.01 Å². The number of likely N-dealkylation sites (N-methyl/N-ethyl adjacent to an activating group) is 1. The van der Waals surface area contributed by atoms with Crippen molar-refractivity contribution in [3.05, 3.63) is 39.8 Å². The number of nitrogens with zero attached hydrogens (tertiary/aromatic N) is 4. The highest BCUT2D eigenvalue weighted by atomic mass is 32.1. The molecule has 9 heteroatoms. The number of amides is 2. The topological polar surface area (TPSA) is 90.5 Å². The molecule has 0 bridgehead atoms. The second-order valence-corrected chi connectivity index (χ2v) is 9.23. The number of aromatic nitrogens is 2. The normalized spacial score (nSPS) is 15.2. The molecule has 8 nitrogen and oxygen atoms in total.